The van der Waals surface area contributed by atoms with Gasteiger partial charge in [-0.3, -0.25) is 9.69 Å². The van der Waals surface area contributed by atoms with E-state index in [0.29, 0.717) is 17.2 Å². The Bertz CT molecular complexity index is 750. The van der Waals surface area contributed by atoms with Crippen molar-refractivity contribution in [1.29, 1.82) is 0 Å². The van der Waals surface area contributed by atoms with Crippen molar-refractivity contribution in [1.82, 2.24) is 10.1 Å². The summed E-state index contributed by atoms with van der Waals surface area (Å²) in [6, 6.07) is 2.68. The molecule has 9 heteroatoms. The van der Waals surface area contributed by atoms with E-state index in [1.807, 2.05) is 0 Å². The summed E-state index contributed by atoms with van der Waals surface area (Å²) in [5.74, 6) is 0.368. The standard InChI is InChI=1S/C13H12N4O5/c1-7-9(8(2)22-15-7)5-16-12(18)6-21-10-3-4-11(17(19)20)14-13(10)16/h3-4H,5-6H2,1-2H3. The number of hydrogen-bond acceptors (Lipinski definition) is 7. The lowest BCUT2D eigenvalue weighted by Crippen LogP contribution is -2.39. The number of carbonyl (C=O) groups excluding carboxylic acids is 1. The Morgan fingerprint density at radius 1 is 1.41 bits per heavy atom. The van der Waals surface area contributed by atoms with Crippen LogP contribution in [0.25, 0.3) is 0 Å². The fourth-order valence-electron chi connectivity index (χ4n) is 2.22. The number of rotatable bonds is 3. The molecular formula is C13H12N4O5. The molecule has 0 N–H and O–H groups in total. The molecule has 3 rings (SSSR count). The minimum absolute atomic E-state index is 0.130. The predicted molar refractivity (Wildman–Crippen MR) is 73.6 cm³/mol. The molecule has 9 nitrogen and oxygen atoms in total. The van der Waals surface area contributed by atoms with Gasteiger partial charge < -0.3 is 19.4 Å². The van der Waals surface area contributed by atoms with Gasteiger partial charge in [0.25, 0.3) is 11.7 Å². The highest BCUT2D eigenvalue weighted by Crippen LogP contribution is 2.33. The average molecular weight is 304 g/mol. The van der Waals surface area contributed by atoms with Crippen LogP contribution in [-0.4, -0.2) is 27.6 Å². The number of nitrogens with zero attached hydrogens (tertiary/aromatic N) is 4. The highest BCUT2D eigenvalue weighted by atomic mass is 16.6. The van der Waals surface area contributed by atoms with Crippen LogP contribution in [0.1, 0.15) is 17.0 Å². The van der Waals surface area contributed by atoms with Crippen LogP contribution in [0, 0.1) is 24.0 Å². The zero-order valence-corrected chi connectivity index (χ0v) is 11.9. The number of aryl methyl sites for hydroxylation is 2. The molecule has 0 atom stereocenters. The molecule has 1 amide bonds. The summed E-state index contributed by atoms with van der Waals surface area (Å²) in [4.78, 5) is 27.6. The highest BCUT2D eigenvalue weighted by Gasteiger charge is 2.33. The molecule has 22 heavy (non-hydrogen) atoms. The number of anilines is 1. The second-order valence-corrected chi connectivity index (χ2v) is 4.82. The van der Waals surface area contributed by atoms with Gasteiger partial charge in [0.05, 0.1) is 12.2 Å². The first-order valence-electron chi connectivity index (χ1n) is 6.47. The summed E-state index contributed by atoms with van der Waals surface area (Å²) in [7, 11) is 0. The van der Waals surface area contributed by atoms with Crippen molar-refractivity contribution in [3.05, 3.63) is 39.3 Å². The number of fused-ring (bicyclic) bond motifs is 1. The maximum Gasteiger partial charge on any atom is 0.366 e. The van der Waals surface area contributed by atoms with Crippen LogP contribution >= 0.6 is 0 Å². The van der Waals surface area contributed by atoms with Crippen LogP contribution in [-0.2, 0) is 11.3 Å². The number of amides is 1. The van der Waals surface area contributed by atoms with E-state index in [-0.39, 0.29) is 30.7 Å². The van der Waals surface area contributed by atoms with Crippen molar-refractivity contribution in [3.8, 4) is 5.75 Å². The van der Waals surface area contributed by atoms with Crippen molar-refractivity contribution < 1.29 is 19.0 Å². The molecule has 0 fully saturated rings. The molecule has 114 valence electrons. The summed E-state index contributed by atoms with van der Waals surface area (Å²) in [5.41, 5.74) is 1.40. The Labute approximate surface area is 124 Å². The van der Waals surface area contributed by atoms with Crippen LogP contribution in [0.5, 0.6) is 5.75 Å². The van der Waals surface area contributed by atoms with E-state index >= 15 is 0 Å². The Kier molecular flexibility index (Phi) is 3.24. The van der Waals surface area contributed by atoms with Crippen molar-refractivity contribution >= 4 is 17.5 Å². The molecule has 0 spiro atoms. The lowest BCUT2D eigenvalue weighted by molar-refractivity contribution is -0.389. The number of carbonyl (C=O) groups is 1. The Morgan fingerprint density at radius 2 is 2.18 bits per heavy atom. The van der Waals surface area contributed by atoms with Crippen molar-refractivity contribution in [2.75, 3.05) is 11.5 Å². The average Bonchev–Trinajstić information content (AvgIpc) is 2.81. The van der Waals surface area contributed by atoms with E-state index in [9.17, 15) is 14.9 Å². The molecular weight excluding hydrogens is 292 g/mol. The number of aromatic nitrogens is 2. The quantitative estimate of drug-likeness (QED) is 0.624. The van der Waals surface area contributed by atoms with E-state index in [0.717, 1.165) is 5.56 Å². The molecule has 2 aromatic heterocycles. The molecule has 3 heterocycles. The smallest absolute Gasteiger partial charge is 0.366 e. The van der Waals surface area contributed by atoms with E-state index in [1.165, 1.54) is 17.0 Å². The first-order valence-corrected chi connectivity index (χ1v) is 6.47. The first kappa shape index (κ1) is 14.0. The van der Waals surface area contributed by atoms with Crippen molar-refractivity contribution in [2.24, 2.45) is 0 Å². The molecule has 2 aromatic rings. The second kappa shape index (κ2) is 5.10. The van der Waals surface area contributed by atoms with E-state index in [1.54, 1.807) is 13.8 Å². The zero-order chi connectivity index (χ0) is 15.9. The van der Waals surface area contributed by atoms with Crippen LogP contribution in [0.4, 0.5) is 11.6 Å². The van der Waals surface area contributed by atoms with E-state index in [4.69, 9.17) is 9.26 Å². The monoisotopic (exact) mass is 304 g/mol. The molecule has 0 unspecified atom stereocenters. The largest absolute Gasteiger partial charge is 0.477 e. The van der Waals surface area contributed by atoms with Crippen LogP contribution in [0.15, 0.2) is 16.7 Å². The fraction of sp³-hybridized carbons (Fsp3) is 0.308. The Balaban J connectivity index is 2.03. The van der Waals surface area contributed by atoms with Crippen molar-refractivity contribution in [3.63, 3.8) is 0 Å². The molecule has 0 aromatic carbocycles. The topological polar surface area (TPSA) is 112 Å². The van der Waals surface area contributed by atoms with Gasteiger partial charge in [0.2, 0.25) is 0 Å². The Morgan fingerprint density at radius 3 is 2.82 bits per heavy atom. The van der Waals surface area contributed by atoms with Gasteiger partial charge in [-0.1, -0.05) is 5.16 Å². The summed E-state index contributed by atoms with van der Waals surface area (Å²) >= 11 is 0. The van der Waals surface area contributed by atoms with Gasteiger partial charge in [-0.2, -0.15) is 0 Å². The van der Waals surface area contributed by atoms with Gasteiger partial charge in [0.1, 0.15) is 5.76 Å². The van der Waals surface area contributed by atoms with E-state index in [2.05, 4.69) is 10.1 Å². The summed E-state index contributed by atoms with van der Waals surface area (Å²) < 4.78 is 10.3. The molecule has 1 aliphatic heterocycles. The number of pyridine rings is 1. The van der Waals surface area contributed by atoms with Crippen LogP contribution in [0.3, 0.4) is 0 Å². The lowest BCUT2D eigenvalue weighted by atomic mass is 10.2. The Hall–Kier alpha value is -2.97. The maximum atomic E-state index is 12.1. The molecule has 0 bridgehead atoms. The predicted octanol–water partition coefficient (Wildman–Crippen LogP) is 1.52. The minimum Gasteiger partial charge on any atom is -0.477 e. The molecule has 0 aliphatic carbocycles. The van der Waals surface area contributed by atoms with Gasteiger partial charge in [0.15, 0.2) is 12.4 Å². The molecule has 1 aliphatic rings. The maximum absolute atomic E-state index is 12.1. The third-order valence-corrected chi connectivity index (χ3v) is 3.42. The van der Waals surface area contributed by atoms with Gasteiger partial charge in [-0.05, 0) is 29.8 Å². The molecule has 0 radical (unpaired) electrons. The van der Waals surface area contributed by atoms with Crippen molar-refractivity contribution in [2.45, 2.75) is 20.4 Å². The summed E-state index contributed by atoms with van der Waals surface area (Å²) in [5, 5.41) is 14.7. The summed E-state index contributed by atoms with van der Waals surface area (Å²) in [6.45, 7) is 3.53. The number of ether oxygens (including phenoxy) is 1. The fourth-order valence-corrected chi connectivity index (χ4v) is 2.22. The SMILES string of the molecule is Cc1noc(C)c1CN1C(=O)COc2ccc([N+](=O)[O-])nc21. The number of hydrogen-bond donors (Lipinski definition) is 0. The second-order valence-electron chi connectivity index (χ2n) is 4.82. The van der Waals surface area contributed by atoms with Crippen LogP contribution < -0.4 is 9.64 Å². The lowest BCUT2D eigenvalue weighted by Gasteiger charge is -2.25. The third kappa shape index (κ3) is 2.26. The van der Waals surface area contributed by atoms with Gasteiger partial charge in [-0.15, -0.1) is 0 Å². The normalized spacial score (nSPS) is 13.7. The molecule has 0 saturated carbocycles. The van der Waals surface area contributed by atoms with Gasteiger partial charge in [0, 0.05) is 11.6 Å². The number of nitro groups is 1. The van der Waals surface area contributed by atoms with Gasteiger partial charge in [-0.25, -0.2) is 0 Å². The highest BCUT2D eigenvalue weighted by molar-refractivity contribution is 5.96. The van der Waals surface area contributed by atoms with Gasteiger partial charge >= 0.3 is 5.82 Å². The first-order chi connectivity index (χ1) is 10.5. The minimum atomic E-state index is -0.618. The third-order valence-electron chi connectivity index (χ3n) is 3.42. The van der Waals surface area contributed by atoms with Crippen LogP contribution in [0.2, 0.25) is 0 Å². The van der Waals surface area contributed by atoms with E-state index < -0.39 is 4.92 Å². The molecule has 0 saturated heterocycles. The zero-order valence-electron chi connectivity index (χ0n) is 11.9. The summed E-state index contributed by atoms with van der Waals surface area (Å²) in [6.07, 6.45) is 0.